The molecule has 4 nitrogen and oxygen atoms in total. The average Bonchev–Trinajstić information content (AvgIpc) is 3.04. The van der Waals surface area contributed by atoms with E-state index in [1.54, 1.807) is 16.7 Å². The van der Waals surface area contributed by atoms with Gasteiger partial charge in [0.2, 0.25) is 5.91 Å². The maximum atomic E-state index is 13.2. The van der Waals surface area contributed by atoms with Crippen LogP contribution in [-0.2, 0) is 4.79 Å². The Bertz CT molecular complexity index is 945. The first-order valence-electron chi connectivity index (χ1n) is 8.25. The van der Waals surface area contributed by atoms with Gasteiger partial charge in [0, 0.05) is 18.2 Å². The Hall–Kier alpha value is -2.66. The van der Waals surface area contributed by atoms with Crippen LogP contribution in [0, 0.1) is 0 Å². The Kier molecular flexibility index (Phi) is 3.81. The molecule has 25 heavy (non-hydrogen) atoms. The summed E-state index contributed by atoms with van der Waals surface area (Å²) in [4.78, 5) is 29.5. The number of carbonyl (C=O) groups excluding carboxylic acids is 2. The van der Waals surface area contributed by atoms with Gasteiger partial charge in [-0.3, -0.25) is 9.59 Å². The molecular formula is C20H18N2O2S. The first-order chi connectivity index (χ1) is 12.1. The van der Waals surface area contributed by atoms with Gasteiger partial charge >= 0.3 is 0 Å². The molecule has 3 aromatic rings. The van der Waals surface area contributed by atoms with Crippen molar-refractivity contribution >= 4 is 44.6 Å². The van der Waals surface area contributed by atoms with E-state index in [-0.39, 0.29) is 17.9 Å². The van der Waals surface area contributed by atoms with E-state index in [1.165, 1.54) is 11.3 Å². The zero-order valence-corrected chi connectivity index (χ0v) is 14.9. The van der Waals surface area contributed by atoms with Crippen LogP contribution in [0.25, 0.3) is 10.1 Å². The van der Waals surface area contributed by atoms with Crippen LogP contribution in [-0.4, -0.2) is 24.4 Å². The number of thiophene rings is 1. The second-order valence-corrected chi connectivity index (χ2v) is 7.37. The zero-order valence-electron chi connectivity index (χ0n) is 14.1. The first-order valence-corrected chi connectivity index (χ1v) is 9.07. The van der Waals surface area contributed by atoms with Crippen LogP contribution < -0.4 is 9.80 Å². The smallest absolute Gasteiger partial charge is 0.268 e. The van der Waals surface area contributed by atoms with Gasteiger partial charge in [0.1, 0.15) is 0 Å². The number of rotatable bonds is 1. The molecule has 0 bridgehead atoms. The molecule has 1 aromatic heterocycles. The van der Waals surface area contributed by atoms with Crippen molar-refractivity contribution in [1.82, 2.24) is 0 Å². The monoisotopic (exact) mass is 350 g/mol. The second kappa shape index (κ2) is 6.01. The molecule has 1 aliphatic rings. The van der Waals surface area contributed by atoms with Crippen molar-refractivity contribution in [1.29, 1.82) is 0 Å². The van der Waals surface area contributed by atoms with Crippen molar-refractivity contribution in [3.8, 4) is 0 Å². The summed E-state index contributed by atoms with van der Waals surface area (Å²) in [5.74, 6) is -0.0161. The summed E-state index contributed by atoms with van der Waals surface area (Å²) in [6.07, 6.45) is 0. The van der Waals surface area contributed by atoms with Crippen molar-refractivity contribution in [3.63, 3.8) is 0 Å². The number of amides is 2. The van der Waals surface area contributed by atoms with Crippen molar-refractivity contribution in [3.05, 3.63) is 59.5 Å². The highest BCUT2D eigenvalue weighted by atomic mass is 32.1. The molecule has 0 unspecified atom stereocenters. The van der Waals surface area contributed by atoms with Crippen LogP contribution in [0.1, 0.15) is 23.5 Å². The summed E-state index contributed by atoms with van der Waals surface area (Å²) in [5.41, 5.74) is 1.58. The Balaban J connectivity index is 1.78. The summed E-state index contributed by atoms with van der Waals surface area (Å²) in [5, 5.41) is 1.08. The third-order valence-corrected chi connectivity index (χ3v) is 5.64. The van der Waals surface area contributed by atoms with Crippen LogP contribution in [0.2, 0.25) is 0 Å². The van der Waals surface area contributed by atoms with E-state index >= 15 is 0 Å². The Morgan fingerprint density at radius 3 is 2.44 bits per heavy atom. The summed E-state index contributed by atoms with van der Waals surface area (Å²) < 4.78 is 1.11. The van der Waals surface area contributed by atoms with E-state index in [4.69, 9.17) is 0 Å². The lowest BCUT2D eigenvalue weighted by Crippen LogP contribution is -2.51. The van der Waals surface area contributed by atoms with E-state index in [2.05, 4.69) is 0 Å². The average molecular weight is 350 g/mol. The number of carbonyl (C=O) groups is 2. The molecule has 2 aromatic carbocycles. The summed E-state index contributed by atoms with van der Waals surface area (Å²) in [6, 6.07) is 17.5. The zero-order chi connectivity index (χ0) is 17.6. The lowest BCUT2D eigenvalue weighted by molar-refractivity contribution is -0.117. The Labute approximate surface area is 150 Å². The number of nitrogens with zero attached hydrogens (tertiary/aromatic N) is 2. The van der Waals surface area contributed by atoms with Gasteiger partial charge < -0.3 is 9.80 Å². The van der Waals surface area contributed by atoms with Crippen LogP contribution >= 0.6 is 11.3 Å². The van der Waals surface area contributed by atoms with Gasteiger partial charge in [0.05, 0.1) is 22.3 Å². The third-order valence-electron chi connectivity index (χ3n) is 4.54. The van der Waals surface area contributed by atoms with E-state index in [0.717, 1.165) is 26.3 Å². The molecule has 0 saturated heterocycles. The molecule has 0 spiro atoms. The molecule has 1 atom stereocenters. The predicted molar refractivity (Wildman–Crippen MR) is 103 cm³/mol. The molecule has 5 heteroatoms. The van der Waals surface area contributed by atoms with Gasteiger partial charge in [-0.05, 0) is 36.6 Å². The van der Waals surface area contributed by atoms with Crippen LogP contribution in [0.5, 0.6) is 0 Å². The van der Waals surface area contributed by atoms with Crippen LogP contribution in [0.3, 0.4) is 0 Å². The quantitative estimate of drug-likeness (QED) is 0.656. The van der Waals surface area contributed by atoms with E-state index in [0.29, 0.717) is 6.54 Å². The fourth-order valence-electron chi connectivity index (χ4n) is 3.47. The molecule has 2 amide bonds. The van der Waals surface area contributed by atoms with Gasteiger partial charge in [0.15, 0.2) is 0 Å². The summed E-state index contributed by atoms with van der Waals surface area (Å²) in [6.45, 7) is 4.03. The van der Waals surface area contributed by atoms with Gasteiger partial charge in [-0.25, -0.2) is 0 Å². The number of para-hydroxylation sites is 2. The first kappa shape index (κ1) is 15.8. The third kappa shape index (κ3) is 2.61. The normalized spacial score (nSPS) is 16.8. The highest BCUT2D eigenvalue weighted by molar-refractivity contribution is 7.20. The number of fused-ring (bicyclic) bond motifs is 2. The largest absolute Gasteiger partial charge is 0.306 e. The molecule has 0 radical (unpaired) electrons. The predicted octanol–water partition coefficient (Wildman–Crippen LogP) is 4.30. The lowest BCUT2D eigenvalue weighted by Gasteiger charge is -2.40. The maximum absolute atomic E-state index is 13.2. The van der Waals surface area contributed by atoms with Gasteiger partial charge in [-0.2, -0.15) is 0 Å². The van der Waals surface area contributed by atoms with Gasteiger partial charge in [-0.1, -0.05) is 30.3 Å². The van der Waals surface area contributed by atoms with E-state index in [9.17, 15) is 9.59 Å². The molecule has 2 heterocycles. The molecule has 0 aliphatic carbocycles. The van der Waals surface area contributed by atoms with Crippen molar-refractivity contribution in [2.45, 2.75) is 19.9 Å². The van der Waals surface area contributed by atoms with Gasteiger partial charge in [-0.15, -0.1) is 11.3 Å². The topological polar surface area (TPSA) is 40.6 Å². The molecule has 0 fully saturated rings. The van der Waals surface area contributed by atoms with Crippen molar-refractivity contribution < 1.29 is 9.59 Å². The van der Waals surface area contributed by atoms with Crippen LogP contribution in [0.15, 0.2) is 54.6 Å². The van der Waals surface area contributed by atoms with Gasteiger partial charge in [0.25, 0.3) is 5.91 Å². The fraction of sp³-hybridized carbons (Fsp3) is 0.200. The minimum atomic E-state index is -0.0641. The molecule has 4 rings (SSSR count). The van der Waals surface area contributed by atoms with E-state index in [1.807, 2.05) is 61.5 Å². The number of benzene rings is 2. The molecule has 0 saturated carbocycles. The fourth-order valence-corrected chi connectivity index (χ4v) is 4.48. The maximum Gasteiger partial charge on any atom is 0.268 e. The summed E-state index contributed by atoms with van der Waals surface area (Å²) in [7, 11) is 0. The standard InChI is InChI=1S/C20H18N2O2S/c1-13-12-21(16-8-4-5-9-17(16)22(13)14(2)23)20(24)19-11-15-7-3-6-10-18(15)25-19/h3-11,13H,12H2,1-2H3/t13-/m0/s1. The molecule has 0 N–H and O–H groups in total. The molecular weight excluding hydrogens is 332 g/mol. The Morgan fingerprint density at radius 2 is 1.72 bits per heavy atom. The second-order valence-electron chi connectivity index (χ2n) is 6.29. The number of hydrogen-bond acceptors (Lipinski definition) is 3. The Morgan fingerprint density at radius 1 is 1.04 bits per heavy atom. The van der Waals surface area contributed by atoms with Crippen molar-refractivity contribution in [2.24, 2.45) is 0 Å². The molecule has 126 valence electrons. The SMILES string of the molecule is CC(=O)N1c2ccccc2N(C(=O)c2cc3ccccc3s2)C[C@@H]1C. The van der Waals surface area contributed by atoms with Crippen LogP contribution in [0.4, 0.5) is 11.4 Å². The lowest BCUT2D eigenvalue weighted by atomic mass is 10.1. The minimum absolute atomic E-state index is 0.00564. The number of hydrogen-bond donors (Lipinski definition) is 0. The summed E-state index contributed by atoms with van der Waals surface area (Å²) >= 11 is 1.51. The van der Waals surface area contributed by atoms with Crippen molar-refractivity contribution in [2.75, 3.05) is 16.3 Å². The molecule has 1 aliphatic heterocycles. The number of anilines is 2. The minimum Gasteiger partial charge on any atom is -0.306 e. The highest BCUT2D eigenvalue weighted by Gasteiger charge is 2.34. The highest BCUT2D eigenvalue weighted by Crippen LogP contribution is 2.37. The van der Waals surface area contributed by atoms with E-state index < -0.39 is 0 Å².